The molecule has 4 rings (SSSR count). The molecule has 0 spiro atoms. The van der Waals surface area contributed by atoms with Crippen molar-refractivity contribution in [3.8, 4) is 0 Å². The lowest BCUT2D eigenvalue weighted by atomic mass is 9.94. The number of pyridine rings is 1. The van der Waals surface area contributed by atoms with E-state index in [1.165, 1.54) is 31.7 Å². The first kappa shape index (κ1) is 22.8. The SMILES string of the molecule is CC1NNC(C(F)(F)F)C1C(=O)Nc1cncc(C(=O)c2cn(C(C)C)c3ncncc23)c1. The summed E-state index contributed by atoms with van der Waals surface area (Å²) in [6.07, 6.45) is 2.63. The number of carbonyl (C=O) groups excluding carboxylic acids is 2. The minimum absolute atomic E-state index is 0.0462. The van der Waals surface area contributed by atoms with Gasteiger partial charge in [0.25, 0.3) is 0 Å². The Morgan fingerprint density at radius 1 is 1.15 bits per heavy atom. The molecule has 1 aliphatic rings. The summed E-state index contributed by atoms with van der Waals surface area (Å²) in [6.45, 7) is 5.39. The topological polar surface area (TPSA) is 114 Å². The first-order chi connectivity index (χ1) is 15.6. The summed E-state index contributed by atoms with van der Waals surface area (Å²) < 4.78 is 41.7. The van der Waals surface area contributed by atoms with Gasteiger partial charge in [-0.2, -0.15) is 13.2 Å². The number of aromatic nitrogens is 4. The highest BCUT2D eigenvalue weighted by Gasteiger charge is 2.53. The Hall–Kier alpha value is -3.38. The van der Waals surface area contributed by atoms with Crippen LogP contribution in [0.1, 0.15) is 42.7 Å². The Kier molecular flexibility index (Phi) is 5.89. The summed E-state index contributed by atoms with van der Waals surface area (Å²) in [4.78, 5) is 38.2. The second-order valence-corrected chi connectivity index (χ2v) is 8.21. The first-order valence-electron chi connectivity index (χ1n) is 10.3. The molecule has 3 unspecified atom stereocenters. The molecule has 4 heterocycles. The number of halogens is 3. The first-order valence-corrected chi connectivity index (χ1v) is 10.3. The smallest absolute Gasteiger partial charge is 0.329 e. The molecule has 3 N–H and O–H groups in total. The van der Waals surface area contributed by atoms with Crippen LogP contribution in [0.25, 0.3) is 11.0 Å². The Morgan fingerprint density at radius 2 is 1.91 bits per heavy atom. The lowest BCUT2D eigenvalue weighted by molar-refractivity contribution is -0.165. The molecule has 1 amide bonds. The molecule has 0 radical (unpaired) electrons. The van der Waals surface area contributed by atoms with Gasteiger partial charge < -0.3 is 9.88 Å². The Morgan fingerprint density at radius 3 is 2.61 bits per heavy atom. The molecular weight excluding hydrogens is 439 g/mol. The van der Waals surface area contributed by atoms with Crippen molar-refractivity contribution in [2.45, 2.75) is 45.1 Å². The van der Waals surface area contributed by atoms with Gasteiger partial charge >= 0.3 is 6.18 Å². The maximum atomic E-state index is 13.3. The van der Waals surface area contributed by atoms with Crippen molar-refractivity contribution in [1.29, 1.82) is 0 Å². The van der Waals surface area contributed by atoms with E-state index >= 15 is 0 Å². The molecule has 3 atom stereocenters. The second kappa shape index (κ2) is 8.52. The van der Waals surface area contributed by atoms with Crippen LogP contribution >= 0.6 is 0 Å². The number of hydrogen-bond donors (Lipinski definition) is 3. The highest BCUT2D eigenvalue weighted by Crippen LogP contribution is 2.31. The number of ketones is 1. The van der Waals surface area contributed by atoms with E-state index in [1.807, 2.05) is 18.4 Å². The van der Waals surface area contributed by atoms with Crippen molar-refractivity contribution in [3.63, 3.8) is 0 Å². The van der Waals surface area contributed by atoms with Gasteiger partial charge in [-0.05, 0) is 26.8 Å². The number of alkyl halides is 3. The average molecular weight is 461 g/mol. The lowest BCUT2D eigenvalue weighted by Gasteiger charge is -2.22. The van der Waals surface area contributed by atoms with Crippen LogP contribution in [0.3, 0.4) is 0 Å². The van der Waals surface area contributed by atoms with Gasteiger partial charge in [-0.1, -0.05) is 0 Å². The highest BCUT2D eigenvalue weighted by molar-refractivity contribution is 6.16. The van der Waals surface area contributed by atoms with Crippen LogP contribution in [-0.2, 0) is 4.79 Å². The predicted octanol–water partition coefficient (Wildman–Crippen LogP) is 2.62. The number of anilines is 1. The molecular formula is C21H22F3N7O2. The average Bonchev–Trinajstić information content (AvgIpc) is 3.34. The van der Waals surface area contributed by atoms with Crippen molar-refractivity contribution >= 4 is 28.4 Å². The molecule has 1 aliphatic heterocycles. The van der Waals surface area contributed by atoms with E-state index in [1.54, 1.807) is 12.4 Å². The normalized spacial score (nSPS) is 21.0. The molecule has 0 aliphatic carbocycles. The summed E-state index contributed by atoms with van der Waals surface area (Å²) in [5, 5.41) is 3.03. The van der Waals surface area contributed by atoms with Gasteiger partial charge in [-0.25, -0.2) is 15.4 Å². The number of hydrogen-bond acceptors (Lipinski definition) is 7. The fraction of sp³-hybridized carbons (Fsp3) is 0.381. The van der Waals surface area contributed by atoms with Gasteiger partial charge in [0.05, 0.1) is 23.4 Å². The molecule has 0 aromatic carbocycles. The summed E-state index contributed by atoms with van der Waals surface area (Å²) in [6, 6.07) is -1.35. The zero-order valence-corrected chi connectivity index (χ0v) is 18.0. The Labute approximate surface area is 186 Å². The van der Waals surface area contributed by atoms with Gasteiger partial charge in [0.2, 0.25) is 5.91 Å². The number of amides is 1. The second-order valence-electron chi connectivity index (χ2n) is 8.21. The van der Waals surface area contributed by atoms with Crippen molar-refractivity contribution < 1.29 is 22.8 Å². The van der Waals surface area contributed by atoms with E-state index in [0.717, 1.165) is 0 Å². The Bertz CT molecular complexity index is 1210. The van der Waals surface area contributed by atoms with Crippen LogP contribution in [0.5, 0.6) is 0 Å². The highest BCUT2D eigenvalue weighted by atomic mass is 19.4. The van der Waals surface area contributed by atoms with Crippen LogP contribution < -0.4 is 16.2 Å². The van der Waals surface area contributed by atoms with Gasteiger partial charge in [0, 0.05) is 41.6 Å². The zero-order chi connectivity index (χ0) is 23.9. The van der Waals surface area contributed by atoms with Crippen LogP contribution in [0, 0.1) is 5.92 Å². The van der Waals surface area contributed by atoms with Crippen LogP contribution in [-0.4, -0.2) is 49.5 Å². The number of carbonyl (C=O) groups is 2. The van der Waals surface area contributed by atoms with E-state index in [4.69, 9.17) is 0 Å². The van der Waals surface area contributed by atoms with E-state index in [-0.39, 0.29) is 23.1 Å². The van der Waals surface area contributed by atoms with Crippen molar-refractivity contribution in [3.05, 3.63) is 48.3 Å². The summed E-state index contributed by atoms with van der Waals surface area (Å²) in [7, 11) is 0. The number of rotatable bonds is 5. The minimum Gasteiger partial charge on any atom is -0.329 e. The van der Waals surface area contributed by atoms with E-state index < -0.39 is 30.1 Å². The van der Waals surface area contributed by atoms with E-state index in [9.17, 15) is 22.8 Å². The summed E-state index contributed by atoms with van der Waals surface area (Å²) >= 11 is 0. The van der Waals surface area contributed by atoms with E-state index in [0.29, 0.717) is 16.6 Å². The molecule has 9 nitrogen and oxygen atoms in total. The maximum Gasteiger partial charge on any atom is 0.406 e. The van der Waals surface area contributed by atoms with Gasteiger partial charge in [-0.15, -0.1) is 0 Å². The summed E-state index contributed by atoms with van der Waals surface area (Å²) in [5.74, 6) is -2.60. The van der Waals surface area contributed by atoms with Crippen molar-refractivity contribution in [2.24, 2.45) is 5.92 Å². The fourth-order valence-electron chi connectivity index (χ4n) is 3.93. The Balaban J connectivity index is 1.61. The lowest BCUT2D eigenvalue weighted by Crippen LogP contribution is -2.47. The fourth-order valence-corrected chi connectivity index (χ4v) is 3.93. The third kappa shape index (κ3) is 4.31. The molecule has 12 heteroatoms. The van der Waals surface area contributed by atoms with Gasteiger partial charge in [-0.3, -0.25) is 20.0 Å². The molecule has 3 aromatic rings. The third-order valence-corrected chi connectivity index (χ3v) is 5.58. The van der Waals surface area contributed by atoms with Crippen LogP contribution in [0.15, 0.2) is 37.2 Å². The standard InChI is InChI=1S/C21H22F3N7O2/c1-10(2)31-8-15(14-7-26-9-27-19(14)31)17(32)12-4-13(6-25-5-12)28-20(33)16-11(3)29-30-18(16)21(22,23)24/h4-11,16,18,29-30H,1-3H3,(H,28,33). The number of hydrazine groups is 1. The monoisotopic (exact) mass is 461 g/mol. The van der Waals surface area contributed by atoms with Crippen LogP contribution in [0.4, 0.5) is 18.9 Å². The molecule has 1 saturated heterocycles. The molecule has 0 bridgehead atoms. The number of nitrogens with one attached hydrogen (secondary N) is 3. The van der Waals surface area contributed by atoms with Gasteiger partial charge in [0.1, 0.15) is 18.0 Å². The largest absolute Gasteiger partial charge is 0.406 e. The third-order valence-electron chi connectivity index (χ3n) is 5.58. The van der Waals surface area contributed by atoms with Crippen molar-refractivity contribution in [2.75, 3.05) is 5.32 Å². The number of fused-ring (bicyclic) bond motifs is 1. The maximum absolute atomic E-state index is 13.3. The van der Waals surface area contributed by atoms with E-state index in [2.05, 4.69) is 31.1 Å². The molecule has 3 aromatic heterocycles. The van der Waals surface area contributed by atoms with Crippen LogP contribution in [0.2, 0.25) is 0 Å². The molecule has 0 saturated carbocycles. The zero-order valence-electron chi connectivity index (χ0n) is 18.0. The predicted molar refractivity (Wildman–Crippen MR) is 113 cm³/mol. The number of nitrogens with zero attached hydrogens (tertiary/aromatic N) is 4. The molecule has 33 heavy (non-hydrogen) atoms. The summed E-state index contributed by atoms with van der Waals surface area (Å²) in [5.41, 5.74) is 5.84. The quantitative estimate of drug-likeness (QED) is 0.501. The molecule has 1 fully saturated rings. The van der Waals surface area contributed by atoms with Crippen molar-refractivity contribution in [1.82, 2.24) is 30.4 Å². The van der Waals surface area contributed by atoms with Gasteiger partial charge in [0.15, 0.2) is 5.78 Å². The minimum atomic E-state index is -4.61. The molecule has 174 valence electrons.